The number of hydrogen-bond donors (Lipinski definition) is 0. The fraction of sp³-hybridized carbons (Fsp3) is 0.286. The van der Waals surface area contributed by atoms with Crippen LogP contribution in [0.5, 0.6) is 0 Å². The minimum Gasteiger partial charge on any atom is -0.467 e. The van der Waals surface area contributed by atoms with Gasteiger partial charge >= 0.3 is 5.97 Å². The van der Waals surface area contributed by atoms with Gasteiger partial charge in [-0.2, -0.15) is 5.26 Å². The second kappa shape index (κ2) is 10.0. The molecule has 2 aromatic rings. The van der Waals surface area contributed by atoms with Crippen LogP contribution < -0.4 is 0 Å². The maximum absolute atomic E-state index is 12.2. The lowest BCUT2D eigenvalue weighted by Gasteiger charge is -2.14. The van der Waals surface area contributed by atoms with Crippen LogP contribution in [0.4, 0.5) is 0 Å². The highest BCUT2D eigenvalue weighted by atomic mass is 16.5. The maximum Gasteiger partial charge on any atom is 0.330 e. The number of benzene rings is 2. The van der Waals surface area contributed by atoms with E-state index in [2.05, 4.69) is 6.07 Å². The standard InChI is InChI=1S/C21H22N2O2/c1-25-21(24)19(15-9-4-10-16-22)23-20(17-11-5-2-6-12-17)18-13-7-3-8-14-18/h2-3,5-8,11-14,19H,4,9-10,15H2,1H3/t19-/m1/s1. The number of methoxy groups -OCH3 is 1. The normalized spacial score (nSPS) is 11.2. The highest BCUT2D eigenvalue weighted by molar-refractivity contribution is 6.13. The van der Waals surface area contributed by atoms with E-state index in [-0.39, 0.29) is 5.97 Å². The lowest BCUT2D eigenvalue weighted by molar-refractivity contribution is -0.142. The molecule has 2 rings (SSSR count). The average Bonchev–Trinajstić information content (AvgIpc) is 2.68. The van der Waals surface area contributed by atoms with Crippen molar-refractivity contribution in [2.45, 2.75) is 31.7 Å². The molecule has 0 amide bonds. The molecule has 0 bridgehead atoms. The molecule has 0 saturated carbocycles. The van der Waals surface area contributed by atoms with Crippen molar-refractivity contribution in [1.82, 2.24) is 0 Å². The molecule has 0 N–H and O–H groups in total. The predicted molar refractivity (Wildman–Crippen MR) is 98.4 cm³/mol. The van der Waals surface area contributed by atoms with Gasteiger partial charge in [0.1, 0.15) is 6.04 Å². The Labute approximate surface area is 148 Å². The van der Waals surface area contributed by atoms with Gasteiger partial charge in [-0.15, -0.1) is 0 Å². The fourth-order valence-electron chi connectivity index (χ4n) is 2.58. The summed E-state index contributed by atoms with van der Waals surface area (Å²) in [6.45, 7) is 0. The lowest BCUT2D eigenvalue weighted by Crippen LogP contribution is -2.22. The van der Waals surface area contributed by atoms with Gasteiger partial charge in [0.2, 0.25) is 0 Å². The van der Waals surface area contributed by atoms with Gasteiger partial charge in [-0.1, -0.05) is 60.7 Å². The summed E-state index contributed by atoms with van der Waals surface area (Å²) in [6.07, 6.45) is 2.57. The van der Waals surface area contributed by atoms with Crippen LogP contribution in [0.15, 0.2) is 65.7 Å². The van der Waals surface area contributed by atoms with Gasteiger partial charge in [0.25, 0.3) is 0 Å². The highest BCUT2D eigenvalue weighted by Crippen LogP contribution is 2.16. The largest absolute Gasteiger partial charge is 0.467 e. The zero-order valence-electron chi connectivity index (χ0n) is 14.4. The first-order valence-electron chi connectivity index (χ1n) is 8.39. The smallest absolute Gasteiger partial charge is 0.330 e. The molecular weight excluding hydrogens is 312 g/mol. The van der Waals surface area contributed by atoms with Crippen LogP contribution in [0.25, 0.3) is 0 Å². The van der Waals surface area contributed by atoms with Crippen LogP contribution in [0, 0.1) is 11.3 Å². The van der Waals surface area contributed by atoms with Gasteiger partial charge in [-0.3, -0.25) is 4.99 Å². The number of aliphatic imine (C=N–C) groups is 1. The van der Waals surface area contributed by atoms with Gasteiger partial charge in [0.15, 0.2) is 0 Å². The van der Waals surface area contributed by atoms with Crippen molar-refractivity contribution in [3.05, 3.63) is 71.8 Å². The van der Waals surface area contributed by atoms with Crippen LogP contribution in [0.3, 0.4) is 0 Å². The van der Waals surface area contributed by atoms with E-state index in [0.29, 0.717) is 12.8 Å². The third-order valence-electron chi connectivity index (χ3n) is 3.87. The minimum absolute atomic E-state index is 0.346. The van der Waals surface area contributed by atoms with E-state index in [1.165, 1.54) is 7.11 Å². The number of nitriles is 1. The number of carbonyl (C=O) groups is 1. The summed E-state index contributed by atoms with van der Waals surface area (Å²) in [5.74, 6) is -0.346. The molecule has 1 atom stereocenters. The van der Waals surface area contributed by atoms with Gasteiger partial charge in [-0.05, 0) is 19.3 Å². The molecule has 0 spiro atoms. The molecule has 2 aromatic carbocycles. The van der Waals surface area contributed by atoms with Gasteiger partial charge in [0, 0.05) is 17.5 Å². The summed E-state index contributed by atoms with van der Waals surface area (Å²) in [5, 5.41) is 8.66. The molecule has 0 heterocycles. The molecule has 128 valence electrons. The Bertz CT molecular complexity index is 692. The molecule has 0 fully saturated rings. The summed E-state index contributed by atoms with van der Waals surface area (Å²) < 4.78 is 4.93. The van der Waals surface area contributed by atoms with E-state index in [1.54, 1.807) is 0 Å². The Morgan fingerprint density at radius 2 is 1.60 bits per heavy atom. The number of hydrogen-bond acceptors (Lipinski definition) is 4. The Morgan fingerprint density at radius 1 is 1.04 bits per heavy atom. The number of unbranched alkanes of at least 4 members (excludes halogenated alkanes) is 2. The summed E-state index contributed by atoms with van der Waals surface area (Å²) in [5.41, 5.74) is 2.69. The molecule has 0 aliphatic carbocycles. The van der Waals surface area contributed by atoms with E-state index in [9.17, 15) is 4.79 Å². The number of ether oxygens (including phenoxy) is 1. The first kappa shape index (κ1) is 18.4. The van der Waals surface area contributed by atoms with Crippen molar-refractivity contribution in [1.29, 1.82) is 5.26 Å². The molecule has 4 nitrogen and oxygen atoms in total. The highest BCUT2D eigenvalue weighted by Gasteiger charge is 2.19. The topological polar surface area (TPSA) is 62.5 Å². The van der Waals surface area contributed by atoms with Crippen molar-refractivity contribution < 1.29 is 9.53 Å². The lowest BCUT2D eigenvalue weighted by atomic mass is 10.0. The molecular formula is C21H22N2O2. The van der Waals surface area contributed by atoms with Gasteiger partial charge in [0.05, 0.1) is 18.9 Å². The fourth-order valence-corrected chi connectivity index (χ4v) is 2.58. The molecule has 0 aliphatic heterocycles. The van der Waals surface area contributed by atoms with Crippen LogP contribution >= 0.6 is 0 Å². The summed E-state index contributed by atoms with van der Waals surface area (Å²) in [7, 11) is 1.38. The SMILES string of the molecule is COC(=O)[C@@H](CCCCC#N)N=C(c1ccccc1)c1ccccc1. The van der Waals surface area contributed by atoms with Crippen LogP contribution in [-0.4, -0.2) is 24.8 Å². The zero-order chi connectivity index (χ0) is 17.9. The van der Waals surface area contributed by atoms with E-state index in [1.807, 2.05) is 60.7 Å². The Kier molecular flexibility index (Phi) is 7.40. The van der Waals surface area contributed by atoms with Crippen molar-refractivity contribution in [3.8, 4) is 6.07 Å². The van der Waals surface area contributed by atoms with Crippen LogP contribution in [0.1, 0.15) is 36.8 Å². The van der Waals surface area contributed by atoms with E-state index in [4.69, 9.17) is 15.0 Å². The second-order valence-electron chi connectivity index (χ2n) is 5.65. The Balaban J connectivity index is 2.35. The number of rotatable bonds is 8. The van der Waals surface area contributed by atoms with E-state index >= 15 is 0 Å². The van der Waals surface area contributed by atoms with Gasteiger partial charge < -0.3 is 4.74 Å². The quantitative estimate of drug-likeness (QED) is 0.414. The Morgan fingerprint density at radius 3 is 2.08 bits per heavy atom. The van der Waals surface area contributed by atoms with Crippen molar-refractivity contribution in [2.24, 2.45) is 4.99 Å². The van der Waals surface area contributed by atoms with Crippen LogP contribution in [-0.2, 0) is 9.53 Å². The van der Waals surface area contributed by atoms with Crippen molar-refractivity contribution in [2.75, 3.05) is 7.11 Å². The van der Waals surface area contributed by atoms with Gasteiger partial charge in [-0.25, -0.2) is 4.79 Å². The van der Waals surface area contributed by atoms with E-state index in [0.717, 1.165) is 29.7 Å². The molecule has 0 aliphatic rings. The third-order valence-corrected chi connectivity index (χ3v) is 3.87. The maximum atomic E-state index is 12.2. The minimum atomic E-state index is -0.570. The Hall–Kier alpha value is -2.93. The summed E-state index contributed by atoms with van der Waals surface area (Å²) >= 11 is 0. The molecule has 0 unspecified atom stereocenters. The average molecular weight is 334 g/mol. The first-order chi connectivity index (χ1) is 12.3. The number of carbonyl (C=O) groups excluding carboxylic acids is 1. The molecule has 4 heteroatoms. The summed E-state index contributed by atoms with van der Waals surface area (Å²) in [6, 6.07) is 21.2. The first-order valence-corrected chi connectivity index (χ1v) is 8.39. The predicted octanol–water partition coefficient (Wildman–Crippen LogP) is 4.15. The van der Waals surface area contributed by atoms with Crippen molar-refractivity contribution >= 4 is 11.7 Å². The summed E-state index contributed by atoms with van der Waals surface area (Å²) in [4.78, 5) is 16.9. The van der Waals surface area contributed by atoms with E-state index < -0.39 is 6.04 Å². The molecule has 0 aromatic heterocycles. The third kappa shape index (κ3) is 5.58. The monoisotopic (exact) mass is 334 g/mol. The van der Waals surface area contributed by atoms with Crippen LogP contribution in [0.2, 0.25) is 0 Å². The zero-order valence-corrected chi connectivity index (χ0v) is 14.4. The molecule has 0 radical (unpaired) electrons. The number of esters is 1. The molecule has 25 heavy (non-hydrogen) atoms. The molecule has 0 saturated heterocycles. The number of nitrogens with zero attached hydrogens (tertiary/aromatic N) is 2. The second-order valence-corrected chi connectivity index (χ2v) is 5.65. The van der Waals surface area contributed by atoms with Crippen molar-refractivity contribution in [3.63, 3.8) is 0 Å².